The Balaban J connectivity index is 1.97. The molecule has 1 fully saturated rings. The number of nitrogens with two attached hydrogens (primary N) is 1. The van der Waals surface area contributed by atoms with Crippen LogP contribution in [0.1, 0.15) is 24.8 Å². The Morgan fingerprint density at radius 1 is 1.43 bits per heavy atom. The van der Waals surface area contributed by atoms with Gasteiger partial charge in [-0.1, -0.05) is 11.6 Å². The second-order valence-corrected chi connectivity index (χ2v) is 7.27. The van der Waals surface area contributed by atoms with E-state index in [1.165, 1.54) is 12.1 Å². The summed E-state index contributed by atoms with van der Waals surface area (Å²) in [6.45, 7) is 1.76. The van der Waals surface area contributed by atoms with Crippen LogP contribution in [0.15, 0.2) is 17.0 Å². The number of amides is 1. The standard InChI is InChI=1S/C13H18ClN3O3S/c1-8-6-10(14)12(7-11(8)15)21(19,20)16-5-4-13(18)17-9-2-3-9/h6-7,9,16H,2-5,15H2,1H3,(H,17,18). The number of nitrogens with one attached hydrogen (secondary N) is 2. The first kappa shape index (κ1) is 16.1. The van der Waals surface area contributed by atoms with Gasteiger partial charge in [0.1, 0.15) is 4.90 Å². The number of benzene rings is 1. The highest BCUT2D eigenvalue weighted by Gasteiger charge is 2.23. The highest BCUT2D eigenvalue weighted by molar-refractivity contribution is 7.89. The highest BCUT2D eigenvalue weighted by atomic mass is 35.5. The number of carbonyl (C=O) groups is 1. The molecule has 0 heterocycles. The molecule has 1 saturated carbocycles. The zero-order chi connectivity index (χ0) is 15.6. The van der Waals surface area contributed by atoms with Crippen LogP contribution < -0.4 is 15.8 Å². The Kier molecular flexibility index (Phi) is 4.75. The number of anilines is 1. The summed E-state index contributed by atoms with van der Waals surface area (Å²) in [6.07, 6.45) is 2.08. The number of hydrogen-bond acceptors (Lipinski definition) is 4. The Morgan fingerprint density at radius 2 is 2.10 bits per heavy atom. The summed E-state index contributed by atoms with van der Waals surface area (Å²) in [7, 11) is -3.78. The number of halogens is 1. The number of aryl methyl sites for hydroxylation is 1. The molecule has 0 radical (unpaired) electrons. The molecule has 1 aliphatic rings. The van der Waals surface area contributed by atoms with Crippen molar-refractivity contribution in [1.29, 1.82) is 0 Å². The number of sulfonamides is 1. The zero-order valence-corrected chi connectivity index (χ0v) is 13.2. The van der Waals surface area contributed by atoms with E-state index in [1.54, 1.807) is 6.92 Å². The topological polar surface area (TPSA) is 101 Å². The second-order valence-electron chi connectivity index (χ2n) is 5.13. The molecule has 0 spiro atoms. The van der Waals surface area contributed by atoms with Gasteiger partial charge in [0.05, 0.1) is 5.02 Å². The fourth-order valence-corrected chi connectivity index (χ4v) is 3.43. The van der Waals surface area contributed by atoms with E-state index in [9.17, 15) is 13.2 Å². The van der Waals surface area contributed by atoms with Gasteiger partial charge in [0.15, 0.2) is 0 Å². The van der Waals surface area contributed by atoms with Gasteiger partial charge in [-0.25, -0.2) is 13.1 Å². The average Bonchev–Trinajstić information content (AvgIpc) is 3.17. The van der Waals surface area contributed by atoms with Crippen molar-refractivity contribution in [2.75, 3.05) is 12.3 Å². The maximum Gasteiger partial charge on any atom is 0.242 e. The number of nitrogen functional groups attached to an aromatic ring is 1. The first-order chi connectivity index (χ1) is 9.79. The molecule has 1 amide bonds. The Labute approximate surface area is 129 Å². The average molecular weight is 332 g/mol. The maximum atomic E-state index is 12.1. The fourth-order valence-electron chi connectivity index (χ4n) is 1.78. The van der Waals surface area contributed by atoms with E-state index in [0.717, 1.165) is 12.8 Å². The van der Waals surface area contributed by atoms with Crippen LogP contribution in [0.25, 0.3) is 0 Å². The van der Waals surface area contributed by atoms with Crippen LogP contribution >= 0.6 is 11.6 Å². The predicted octanol–water partition coefficient (Wildman–Crippen LogP) is 1.18. The minimum atomic E-state index is -3.78. The molecule has 0 aliphatic heterocycles. The molecule has 4 N–H and O–H groups in total. The van der Waals surface area contributed by atoms with E-state index in [0.29, 0.717) is 11.3 Å². The summed E-state index contributed by atoms with van der Waals surface area (Å²) in [4.78, 5) is 11.4. The zero-order valence-electron chi connectivity index (χ0n) is 11.6. The summed E-state index contributed by atoms with van der Waals surface area (Å²) in [5, 5.41) is 2.90. The number of hydrogen-bond donors (Lipinski definition) is 3. The summed E-state index contributed by atoms with van der Waals surface area (Å²) in [5.41, 5.74) is 6.77. The normalized spacial score (nSPS) is 15.0. The Bertz CT molecular complexity index is 657. The van der Waals surface area contributed by atoms with Gasteiger partial charge in [-0.15, -0.1) is 0 Å². The lowest BCUT2D eigenvalue weighted by Gasteiger charge is -2.10. The minimum absolute atomic E-state index is 0.0188. The first-order valence-electron chi connectivity index (χ1n) is 6.64. The second kappa shape index (κ2) is 6.21. The van der Waals surface area contributed by atoms with Gasteiger partial charge in [-0.2, -0.15) is 0 Å². The Morgan fingerprint density at radius 3 is 2.71 bits per heavy atom. The molecule has 0 atom stereocenters. The van der Waals surface area contributed by atoms with Crippen LogP contribution in [0.3, 0.4) is 0 Å². The van der Waals surface area contributed by atoms with Crippen LogP contribution in [-0.4, -0.2) is 26.9 Å². The van der Waals surface area contributed by atoms with E-state index in [-0.39, 0.29) is 34.8 Å². The van der Waals surface area contributed by atoms with Crippen molar-refractivity contribution in [3.63, 3.8) is 0 Å². The quantitative estimate of drug-likeness (QED) is 0.681. The van der Waals surface area contributed by atoms with Gasteiger partial charge in [0, 0.05) is 24.7 Å². The van der Waals surface area contributed by atoms with Crippen LogP contribution in [0, 0.1) is 6.92 Å². The van der Waals surface area contributed by atoms with E-state index in [4.69, 9.17) is 17.3 Å². The van der Waals surface area contributed by atoms with Crippen LogP contribution in [0.4, 0.5) is 5.69 Å². The van der Waals surface area contributed by atoms with Crippen molar-refractivity contribution in [3.8, 4) is 0 Å². The van der Waals surface area contributed by atoms with E-state index < -0.39 is 10.0 Å². The van der Waals surface area contributed by atoms with Crippen molar-refractivity contribution in [2.24, 2.45) is 0 Å². The van der Waals surface area contributed by atoms with Crippen molar-refractivity contribution >= 4 is 33.2 Å². The third kappa shape index (κ3) is 4.33. The number of carbonyl (C=O) groups excluding carboxylic acids is 1. The van der Waals surface area contributed by atoms with Gasteiger partial charge < -0.3 is 11.1 Å². The van der Waals surface area contributed by atoms with E-state index in [1.807, 2.05) is 0 Å². The maximum absolute atomic E-state index is 12.1. The van der Waals surface area contributed by atoms with Crippen LogP contribution in [0.2, 0.25) is 5.02 Å². The van der Waals surface area contributed by atoms with Crippen molar-refractivity contribution in [1.82, 2.24) is 10.0 Å². The largest absolute Gasteiger partial charge is 0.398 e. The molecule has 2 rings (SSSR count). The summed E-state index contributed by atoms with van der Waals surface area (Å²) < 4.78 is 26.7. The molecule has 0 saturated heterocycles. The van der Waals surface area contributed by atoms with E-state index in [2.05, 4.69) is 10.0 Å². The molecular weight excluding hydrogens is 314 g/mol. The van der Waals surface area contributed by atoms with Gasteiger partial charge >= 0.3 is 0 Å². The van der Waals surface area contributed by atoms with Crippen molar-refractivity contribution in [3.05, 3.63) is 22.7 Å². The molecule has 116 valence electrons. The van der Waals surface area contributed by atoms with Gasteiger partial charge in [-0.05, 0) is 37.5 Å². The molecule has 6 nitrogen and oxygen atoms in total. The SMILES string of the molecule is Cc1cc(Cl)c(S(=O)(=O)NCCC(=O)NC2CC2)cc1N. The number of rotatable bonds is 6. The van der Waals surface area contributed by atoms with E-state index >= 15 is 0 Å². The molecule has 21 heavy (non-hydrogen) atoms. The monoisotopic (exact) mass is 331 g/mol. The van der Waals surface area contributed by atoms with Gasteiger partial charge in [0.25, 0.3) is 0 Å². The van der Waals surface area contributed by atoms with Crippen molar-refractivity contribution < 1.29 is 13.2 Å². The molecule has 1 aromatic carbocycles. The van der Waals surface area contributed by atoms with Gasteiger partial charge in [-0.3, -0.25) is 4.79 Å². The molecular formula is C13H18ClN3O3S. The Hall–Kier alpha value is -1.31. The summed E-state index contributed by atoms with van der Waals surface area (Å²) in [5.74, 6) is -0.158. The summed E-state index contributed by atoms with van der Waals surface area (Å²) >= 11 is 5.95. The molecule has 8 heteroatoms. The molecule has 1 aliphatic carbocycles. The summed E-state index contributed by atoms with van der Waals surface area (Å²) in [6, 6.07) is 3.09. The van der Waals surface area contributed by atoms with Crippen LogP contribution in [0.5, 0.6) is 0 Å². The van der Waals surface area contributed by atoms with Crippen LogP contribution in [-0.2, 0) is 14.8 Å². The fraction of sp³-hybridized carbons (Fsp3) is 0.462. The molecule has 1 aromatic rings. The lowest BCUT2D eigenvalue weighted by atomic mass is 10.2. The molecule has 0 unspecified atom stereocenters. The smallest absolute Gasteiger partial charge is 0.242 e. The van der Waals surface area contributed by atoms with Crippen molar-refractivity contribution in [2.45, 2.75) is 37.1 Å². The lowest BCUT2D eigenvalue weighted by Crippen LogP contribution is -2.31. The predicted molar refractivity (Wildman–Crippen MR) is 81.6 cm³/mol. The molecule has 0 bridgehead atoms. The third-order valence-electron chi connectivity index (χ3n) is 3.20. The minimum Gasteiger partial charge on any atom is -0.398 e. The van der Waals surface area contributed by atoms with Gasteiger partial charge in [0.2, 0.25) is 15.9 Å². The highest BCUT2D eigenvalue weighted by Crippen LogP contribution is 2.26. The lowest BCUT2D eigenvalue weighted by molar-refractivity contribution is -0.121. The molecule has 0 aromatic heterocycles. The third-order valence-corrected chi connectivity index (χ3v) is 5.12. The first-order valence-corrected chi connectivity index (χ1v) is 8.50.